The van der Waals surface area contributed by atoms with E-state index in [-0.39, 0.29) is 5.54 Å². The second-order valence-electron chi connectivity index (χ2n) is 5.99. The smallest absolute Gasteiger partial charge is 0.244 e. The summed E-state index contributed by atoms with van der Waals surface area (Å²) >= 11 is 0. The molecule has 1 saturated heterocycles. The molecule has 2 aliphatic rings. The quantitative estimate of drug-likeness (QED) is 0.734. The highest BCUT2D eigenvalue weighted by molar-refractivity contribution is 5.88. The zero-order valence-corrected chi connectivity index (χ0v) is 11.7. The summed E-state index contributed by atoms with van der Waals surface area (Å²) in [6, 6.07) is 0. The van der Waals surface area contributed by atoms with Gasteiger partial charge in [0, 0.05) is 13.2 Å². The van der Waals surface area contributed by atoms with Gasteiger partial charge in [-0.3, -0.25) is 10.1 Å². The minimum Gasteiger partial charge on any atom is -0.380 e. The van der Waals surface area contributed by atoms with Crippen LogP contribution in [0.15, 0.2) is 0 Å². The second kappa shape index (κ2) is 6.02. The zero-order valence-electron chi connectivity index (χ0n) is 11.7. The summed E-state index contributed by atoms with van der Waals surface area (Å²) in [6.45, 7) is 7.29. The molecule has 18 heavy (non-hydrogen) atoms. The van der Waals surface area contributed by atoms with Gasteiger partial charge in [0.25, 0.3) is 0 Å². The van der Waals surface area contributed by atoms with E-state index in [2.05, 4.69) is 19.2 Å². The third-order valence-electron chi connectivity index (χ3n) is 4.11. The maximum absolute atomic E-state index is 12.3. The van der Waals surface area contributed by atoms with Crippen LogP contribution in [0, 0.1) is 5.92 Å². The molecule has 1 saturated carbocycles. The predicted octanol–water partition coefficient (Wildman–Crippen LogP) is 1.75. The maximum Gasteiger partial charge on any atom is 0.244 e. The van der Waals surface area contributed by atoms with Crippen molar-refractivity contribution in [2.45, 2.75) is 51.5 Å². The Bertz CT molecular complexity index is 286. The molecule has 0 aromatic rings. The van der Waals surface area contributed by atoms with Crippen molar-refractivity contribution in [1.82, 2.24) is 10.2 Å². The Hall–Kier alpha value is -0.610. The summed E-state index contributed by atoms with van der Waals surface area (Å²) in [5.41, 5.74) is -0.210. The molecule has 1 spiro atoms. The number of nitrogens with zero attached hydrogens (tertiary/aromatic N) is 1. The van der Waals surface area contributed by atoms with E-state index < -0.39 is 0 Å². The summed E-state index contributed by atoms with van der Waals surface area (Å²) in [7, 11) is 0. The predicted molar refractivity (Wildman–Crippen MR) is 71.2 cm³/mol. The molecule has 0 aromatic carbocycles. The third kappa shape index (κ3) is 3.04. The van der Waals surface area contributed by atoms with Crippen LogP contribution in [0.2, 0.25) is 0 Å². The summed E-state index contributed by atoms with van der Waals surface area (Å²) in [5.74, 6) is 0.981. The Labute approximate surface area is 110 Å². The molecule has 1 N–H and O–H groups in total. The van der Waals surface area contributed by atoms with Gasteiger partial charge in [-0.25, -0.2) is 0 Å². The summed E-state index contributed by atoms with van der Waals surface area (Å²) in [4.78, 5) is 14.2. The fourth-order valence-corrected chi connectivity index (χ4v) is 2.84. The topological polar surface area (TPSA) is 41.6 Å². The molecule has 104 valence electrons. The number of carbonyl (C=O) groups is 1. The number of hydrogen-bond acceptors (Lipinski definition) is 3. The van der Waals surface area contributed by atoms with Crippen LogP contribution in [0.5, 0.6) is 0 Å². The van der Waals surface area contributed by atoms with E-state index in [9.17, 15) is 4.79 Å². The van der Waals surface area contributed by atoms with Crippen molar-refractivity contribution in [3.63, 3.8) is 0 Å². The van der Waals surface area contributed by atoms with E-state index in [0.29, 0.717) is 25.1 Å². The van der Waals surface area contributed by atoms with E-state index in [4.69, 9.17) is 4.74 Å². The first-order chi connectivity index (χ1) is 8.64. The van der Waals surface area contributed by atoms with Gasteiger partial charge < -0.3 is 9.64 Å². The van der Waals surface area contributed by atoms with Crippen molar-refractivity contribution in [2.75, 3.05) is 26.4 Å². The first-order valence-electron chi connectivity index (χ1n) is 7.26. The number of rotatable bonds is 6. The molecule has 0 atom stereocenters. The number of hydrogen-bond donors (Lipinski definition) is 1. The zero-order chi connectivity index (χ0) is 13.0. The van der Waals surface area contributed by atoms with Crippen LogP contribution in [0.1, 0.15) is 46.0 Å². The highest BCUT2D eigenvalue weighted by Crippen LogP contribution is 2.34. The van der Waals surface area contributed by atoms with E-state index >= 15 is 0 Å². The molecule has 0 unspecified atom stereocenters. The van der Waals surface area contributed by atoms with Crippen LogP contribution in [-0.4, -0.2) is 42.8 Å². The molecule has 2 rings (SSSR count). The standard InChI is InChI=1S/C14H26N2O2/c1-12(2)5-9-18-10-8-16-11-15-14(13(16)17)6-3-4-7-14/h12,15H,3-11H2,1-2H3. The van der Waals surface area contributed by atoms with Crippen molar-refractivity contribution in [2.24, 2.45) is 5.92 Å². The van der Waals surface area contributed by atoms with Crippen LogP contribution in [0.25, 0.3) is 0 Å². The van der Waals surface area contributed by atoms with Gasteiger partial charge in [0.05, 0.1) is 18.8 Å². The number of nitrogens with one attached hydrogen (secondary N) is 1. The molecule has 0 bridgehead atoms. The lowest BCUT2D eigenvalue weighted by Gasteiger charge is -2.21. The highest BCUT2D eigenvalue weighted by Gasteiger charge is 2.47. The lowest BCUT2D eigenvalue weighted by atomic mass is 9.98. The molecule has 4 nitrogen and oxygen atoms in total. The minimum atomic E-state index is -0.210. The molecule has 4 heteroatoms. The lowest BCUT2D eigenvalue weighted by Crippen LogP contribution is -2.44. The second-order valence-corrected chi connectivity index (χ2v) is 5.99. The van der Waals surface area contributed by atoms with Crippen LogP contribution in [-0.2, 0) is 9.53 Å². The largest absolute Gasteiger partial charge is 0.380 e. The van der Waals surface area contributed by atoms with Crippen LogP contribution in [0.3, 0.4) is 0 Å². The molecule has 1 aliphatic heterocycles. The normalized spacial score (nSPS) is 22.6. The van der Waals surface area contributed by atoms with Crippen LogP contribution in [0.4, 0.5) is 0 Å². The van der Waals surface area contributed by atoms with Crippen LogP contribution >= 0.6 is 0 Å². The first kappa shape index (κ1) is 13.8. The number of carbonyl (C=O) groups excluding carboxylic acids is 1. The molecule has 1 heterocycles. The van der Waals surface area contributed by atoms with Gasteiger partial charge in [0.2, 0.25) is 5.91 Å². The van der Waals surface area contributed by atoms with Crippen molar-refractivity contribution < 1.29 is 9.53 Å². The molecule has 0 aromatic heterocycles. The highest BCUT2D eigenvalue weighted by atomic mass is 16.5. The van der Waals surface area contributed by atoms with Gasteiger partial charge in [-0.05, 0) is 25.2 Å². The van der Waals surface area contributed by atoms with Crippen molar-refractivity contribution in [1.29, 1.82) is 0 Å². The van der Waals surface area contributed by atoms with Gasteiger partial charge in [0.1, 0.15) is 0 Å². The third-order valence-corrected chi connectivity index (χ3v) is 4.11. The number of amides is 1. The van der Waals surface area contributed by atoms with Crippen molar-refractivity contribution >= 4 is 5.91 Å². The summed E-state index contributed by atoms with van der Waals surface area (Å²) < 4.78 is 5.58. The van der Waals surface area contributed by atoms with E-state index in [0.717, 1.165) is 32.4 Å². The Morgan fingerprint density at radius 2 is 2.06 bits per heavy atom. The molecular weight excluding hydrogens is 228 g/mol. The maximum atomic E-state index is 12.3. The fourth-order valence-electron chi connectivity index (χ4n) is 2.84. The van der Waals surface area contributed by atoms with Crippen molar-refractivity contribution in [3.05, 3.63) is 0 Å². The van der Waals surface area contributed by atoms with Gasteiger partial charge in [-0.1, -0.05) is 26.7 Å². The molecule has 1 amide bonds. The van der Waals surface area contributed by atoms with E-state index in [1.807, 2.05) is 4.90 Å². The van der Waals surface area contributed by atoms with Crippen molar-refractivity contribution in [3.8, 4) is 0 Å². The fraction of sp³-hybridized carbons (Fsp3) is 0.929. The first-order valence-corrected chi connectivity index (χ1v) is 7.26. The molecular formula is C14H26N2O2. The Morgan fingerprint density at radius 1 is 1.33 bits per heavy atom. The summed E-state index contributed by atoms with van der Waals surface area (Å²) in [5, 5.41) is 3.41. The molecule has 2 fully saturated rings. The monoisotopic (exact) mass is 254 g/mol. The molecule has 0 radical (unpaired) electrons. The van der Waals surface area contributed by atoms with Gasteiger partial charge in [-0.15, -0.1) is 0 Å². The molecule has 1 aliphatic carbocycles. The number of ether oxygens (including phenoxy) is 1. The Balaban J connectivity index is 1.67. The van der Waals surface area contributed by atoms with E-state index in [1.54, 1.807) is 0 Å². The average Bonchev–Trinajstić information content (AvgIpc) is 2.91. The Kier molecular flexibility index (Phi) is 4.62. The van der Waals surface area contributed by atoms with Crippen LogP contribution < -0.4 is 5.32 Å². The SMILES string of the molecule is CC(C)CCOCCN1CNC2(CCCC2)C1=O. The average molecular weight is 254 g/mol. The van der Waals surface area contributed by atoms with Gasteiger partial charge in [-0.2, -0.15) is 0 Å². The summed E-state index contributed by atoms with van der Waals surface area (Å²) in [6.07, 6.45) is 5.47. The minimum absolute atomic E-state index is 0.210. The van der Waals surface area contributed by atoms with Gasteiger partial charge in [0.15, 0.2) is 0 Å². The Morgan fingerprint density at radius 3 is 2.72 bits per heavy atom. The van der Waals surface area contributed by atoms with E-state index in [1.165, 1.54) is 12.8 Å². The van der Waals surface area contributed by atoms with Gasteiger partial charge >= 0.3 is 0 Å². The lowest BCUT2D eigenvalue weighted by molar-refractivity contribution is -0.132.